The van der Waals surface area contributed by atoms with E-state index in [2.05, 4.69) is 22.3 Å². The molecular formula is C11H22N4O2S. The van der Waals surface area contributed by atoms with Gasteiger partial charge in [-0.05, 0) is 19.4 Å². The molecule has 1 heterocycles. The van der Waals surface area contributed by atoms with Crippen LogP contribution in [0.3, 0.4) is 0 Å². The van der Waals surface area contributed by atoms with Crippen molar-refractivity contribution in [1.82, 2.24) is 20.1 Å². The highest BCUT2D eigenvalue weighted by atomic mass is 32.2. The lowest BCUT2D eigenvalue weighted by atomic mass is 10.4. The highest BCUT2D eigenvalue weighted by Gasteiger charge is 2.11. The molecule has 104 valence electrons. The third-order valence-electron chi connectivity index (χ3n) is 2.53. The van der Waals surface area contributed by atoms with Gasteiger partial charge in [0.2, 0.25) is 0 Å². The fourth-order valence-electron chi connectivity index (χ4n) is 1.63. The Morgan fingerprint density at radius 2 is 2.06 bits per heavy atom. The molecule has 1 rings (SSSR count). The maximum atomic E-state index is 11.6. The summed E-state index contributed by atoms with van der Waals surface area (Å²) in [6, 6.07) is 0. The van der Waals surface area contributed by atoms with Gasteiger partial charge >= 0.3 is 0 Å². The van der Waals surface area contributed by atoms with Crippen LogP contribution < -0.4 is 5.32 Å². The fraction of sp³-hybridized carbons (Fsp3) is 0.818. The molecule has 0 unspecified atom stereocenters. The number of nitrogens with one attached hydrogen (secondary N) is 1. The Balaban J connectivity index is 2.50. The maximum Gasteiger partial charge on any atom is 0.152 e. The van der Waals surface area contributed by atoms with E-state index in [0.717, 1.165) is 18.8 Å². The Labute approximate surface area is 109 Å². The standard InChI is InChI=1S/C11H22N4O2S/c1-3-5-12-9-11-13-10-14-15(11)6-8-18(16,17)7-4-2/h10,12H,3-9H2,1-2H3. The fourth-order valence-corrected chi connectivity index (χ4v) is 2.90. The van der Waals surface area contributed by atoms with Crippen molar-refractivity contribution in [2.24, 2.45) is 0 Å². The van der Waals surface area contributed by atoms with Crippen LogP contribution in [0.4, 0.5) is 0 Å². The SMILES string of the molecule is CCCNCc1ncnn1CCS(=O)(=O)CCC. The minimum absolute atomic E-state index is 0.130. The molecule has 0 saturated heterocycles. The molecule has 0 atom stereocenters. The van der Waals surface area contributed by atoms with E-state index in [4.69, 9.17) is 0 Å². The molecule has 0 saturated carbocycles. The molecule has 0 aliphatic rings. The van der Waals surface area contributed by atoms with E-state index in [-0.39, 0.29) is 11.5 Å². The molecule has 0 bridgehead atoms. The molecule has 0 radical (unpaired) electrons. The van der Waals surface area contributed by atoms with E-state index in [1.165, 1.54) is 6.33 Å². The van der Waals surface area contributed by atoms with Crippen LogP contribution in [0.2, 0.25) is 0 Å². The van der Waals surface area contributed by atoms with Crippen molar-refractivity contribution in [1.29, 1.82) is 0 Å². The molecule has 0 aliphatic heterocycles. The number of hydrogen-bond acceptors (Lipinski definition) is 5. The van der Waals surface area contributed by atoms with Gasteiger partial charge in [0.25, 0.3) is 0 Å². The molecule has 1 aromatic rings. The summed E-state index contributed by atoms with van der Waals surface area (Å²) in [4.78, 5) is 4.13. The second-order valence-corrected chi connectivity index (χ2v) is 6.53. The minimum atomic E-state index is -2.96. The topological polar surface area (TPSA) is 76.9 Å². The largest absolute Gasteiger partial charge is 0.310 e. The molecule has 1 N–H and O–H groups in total. The van der Waals surface area contributed by atoms with Gasteiger partial charge in [-0.25, -0.2) is 18.1 Å². The van der Waals surface area contributed by atoms with Gasteiger partial charge < -0.3 is 5.32 Å². The first-order chi connectivity index (χ1) is 8.59. The van der Waals surface area contributed by atoms with Crippen LogP contribution in [0.1, 0.15) is 32.5 Å². The molecule has 6 nitrogen and oxygen atoms in total. The van der Waals surface area contributed by atoms with Gasteiger partial charge in [-0.2, -0.15) is 5.10 Å². The van der Waals surface area contributed by atoms with Crippen LogP contribution >= 0.6 is 0 Å². The summed E-state index contributed by atoms with van der Waals surface area (Å²) < 4.78 is 24.9. The molecule has 1 aromatic heterocycles. The first kappa shape index (κ1) is 15.1. The van der Waals surface area contributed by atoms with Crippen molar-refractivity contribution >= 4 is 9.84 Å². The van der Waals surface area contributed by atoms with Crippen LogP contribution in [0.25, 0.3) is 0 Å². The van der Waals surface area contributed by atoms with Crippen molar-refractivity contribution in [3.8, 4) is 0 Å². The van der Waals surface area contributed by atoms with Crippen LogP contribution in [-0.4, -0.2) is 41.2 Å². The van der Waals surface area contributed by atoms with Gasteiger partial charge in [-0.3, -0.25) is 0 Å². The number of nitrogens with zero attached hydrogens (tertiary/aromatic N) is 3. The average Bonchev–Trinajstić information content (AvgIpc) is 2.75. The zero-order chi connectivity index (χ0) is 13.4. The second-order valence-electron chi connectivity index (χ2n) is 4.23. The summed E-state index contributed by atoms with van der Waals surface area (Å²) in [7, 11) is -2.96. The summed E-state index contributed by atoms with van der Waals surface area (Å²) in [5, 5.41) is 7.29. The summed E-state index contributed by atoms with van der Waals surface area (Å²) in [5.74, 6) is 1.16. The predicted octanol–water partition coefficient (Wildman–Crippen LogP) is 0.603. The third kappa shape index (κ3) is 5.14. The lowest BCUT2D eigenvalue weighted by Crippen LogP contribution is -2.21. The minimum Gasteiger partial charge on any atom is -0.310 e. The summed E-state index contributed by atoms with van der Waals surface area (Å²) >= 11 is 0. The summed E-state index contributed by atoms with van der Waals surface area (Å²) in [6.07, 6.45) is 3.18. The molecule has 7 heteroatoms. The van der Waals surface area contributed by atoms with E-state index in [1.807, 2.05) is 6.92 Å². The van der Waals surface area contributed by atoms with Crippen LogP contribution in [0.5, 0.6) is 0 Å². The second kappa shape index (κ2) is 7.48. The molecular weight excluding hydrogens is 252 g/mol. The van der Waals surface area contributed by atoms with E-state index in [0.29, 0.717) is 19.5 Å². The van der Waals surface area contributed by atoms with Gasteiger partial charge in [0.05, 0.1) is 18.8 Å². The summed E-state index contributed by atoms with van der Waals surface area (Å²) in [5.41, 5.74) is 0. The molecule has 18 heavy (non-hydrogen) atoms. The number of hydrogen-bond donors (Lipinski definition) is 1. The third-order valence-corrected chi connectivity index (χ3v) is 4.37. The Morgan fingerprint density at radius 3 is 2.72 bits per heavy atom. The Morgan fingerprint density at radius 1 is 1.28 bits per heavy atom. The van der Waals surface area contributed by atoms with E-state index >= 15 is 0 Å². The van der Waals surface area contributed by atoms with Gasteiger partial charge in [0.1, 0.15) is 12.2 Å². The summed E-state index contributed by atoms with van der Waals surface area (Å²) in [6.45, 7) is 5.89. The first-order valence-corrected chi connectivity index (χ1v) is 8.19. The molecule has 0 spiro atoms. The molecule has 0 aromatic carbocycles. The normalized spacial score (nSPS) is 11.9. The zero-order valence-corrected chi connectivity index (χ0v) is 11.9. The van der Waals surface area contributed by atoms with Crippen molar-refractivity contribution in [2.45, 2.75) is 39.8 Å². The molecule has 0 amide bonds. The monoisotopic (exact) mass is 274 g/mol. The quantitative estimate of drug-likeness (QED) is 0.667. The van der Waals surface area contributed by atoms with E-state index in [1.54, 1.807) is 4.68 Å². The van der Waals surface area contributed by atoms with Crippen molar-refractivity contribution in [3.63, 3.8) is 0 Å². The number of sulfone groups is 1. The van der Waals surface area contributed by atoms with Crippen LogP contribution in [0.15, 0.2) is 6.33 Å². The Kier molecular flexibility index (Phi) is 6.28. The van der Waals surface area contributed by atoms with Gasteiger partial charge in [-0.15, -0.1) is 0 Å². The van der Waals surface area contributed by atoms with Gasteiger partial charge in [0.15, 0.2) is 9.84 Å². The van der Waals surface area contributed by atoms with Gasteiger partial charge in [0, 0.05) is 5.75 Å². The number of aryl methyl sites for hydroxylation is 1. The Hall–Kier alpha value is -0.950. The maximum absolute atomic E-state index is 11.6. The number of aromatic nitrogens is 3. The predicted molar refractivity (Wildman–Crippen MR) is 71.0 cm³/mol. The van der Waals surface area contributed by atoms with Crippen LogP contribution in [-0.2, 0) is 22.9 Å². The average molecular weight is 274 g/mol. The van der Waals surface area contributed by atoms with Gasteiger partial charge in [-0.1, -0.05) is 13.8 Å². The zero-order valence-electron chi connectivity index (χ0n) is 11.1. The van der Waals surface area contributed by atoms with E-state index < -0.39 is 9.84 Å². The molecule has 0 fully saturated rings. The van der Waals surface area contributed by atoms with Crippen LogP contribution in [0, 0.1) is 0 Å². The number of rotatable bonds is 9. The first-order valence-electron chi connectivity index (χ1n) is 6.37. The highest BCUT2D eigenvalue weighted by molar-refractivity contribution is 7.91. The van der Waals surface area contributed by atoms with Crippen molar-refractivity contribution < 1.29 is 8.42 Å². The highest BCUT2D eigenvalue weighted by Crippen LogP contribution is 1.99. The van der Waals surface area contributed by atoms with Crippen molar-refractivity contribution in [2.75, 3.05) is 18.1 Å². The molecule has 0 aliphatic carbocycles. The van der Waals surface area contributed by atoms with E-state index in [9.17, 15) is 8.42 Å². The Bertz CT molecular complexity index is 442. The lowest BCUT2D eigenvalue weighted by molar-refractivity contribution is 0.554. The van der Waals surface area contributed by atoms with Crippen molar-refractivity contribution in [3.05, 3.63) is 12.2 Å². The lowest BCUT2D eigenvalue weighted by Gasteiger charge is -2.07. The smallest absolute Gasteiger partial charge is 0.152 e.